The van der Waals surface area contributed by atoms with Gasteiger partial charge in [0.15, 0.2) is 0 Å². The highest BCUT2D eigenvalue weighted by Gasteiger charge is 2.23. The molecule has 0 N–H and O–H groups in total. The highest BCUT2D eigenvalue weighted by Crippen LogP contribution is 2.24. The lowest BCUT2D eigenvalue weighted by molar-refractivity contribution is -0.150. The van der Waals surface area contributed by atoms with E-state index in [-0.39, 0.29) is 31.2 Å². The molecular formula is C58H116N2O5. The molecule has 0 spiro atoms. The van der Waals surface area contributed by atoms with Crippen molar-refractivity contribution in [1.82, 2.24) is 9.80 Å². The third-order valence-corrected chi connectivity index (χ3v) is 13.7. The monoisotopic (exact) mass is 921 g/mol. The molecule has 2 unspecified atom stereocenters. The Morgan fingerprint density at radius 1 is 0.369 bits per heavy atom. The van der Waals surface area contributed by atoms with Gasteiger partial charge < -0.3 is 19.3 Å². The number of hydrogen-bond donors (Lipinski definition) is 0. The molecule has 0 fully saturated rings. The lowest BCUT2D eigenvalue weighted by atomic mass is 9.95. The molecule has 1 amide bonds. The minimum Gasteiger partial charge on any atom is -0.465 e. The fourth-order valence-corrected chi connectivity index (χ4v) is 9.33. The van der Waals surface area contributed by atoms with E-state index in [4.69, 9.17) is 9.47 Å². The van der Waals surface area contributed by atoms with E-state index in [1.54, 1.807) is 0 Å². The Morgan fingerprint density at radius 2 is 0.692 bits per heavy atom. The summed E-state index contributed by atoms with van der Waals surface area (Å²) in [6.45, 7) is 14.2. The number of esters is 2. The minimum atomic E-state index is 0. The van der Waals surface area contributed by atoms with Crippen LogP contribution in [-0.4, -0.2) is 74.1 Å². The first kappa shape index (κ1) is 65.5. The van der Waals surface area contributed by atoms with Crippen LogP contribution < -0.4 is 0 Å². The lowest BCUT2D eigenvalue weighted by Gasteiger charge is -2.33. The van der Waals surface area contributed by atoms with Crippen molar-refractivity contribution in [2.24, 2.45) is 11.8 Å². The highest BCUT2D eigenvalue weighted by molar-refractivity contribution is 5.76. The molecule has 2 atom stereocenters. The number of nitrogens with zero attached hydrogens (tertiary/aromatic N) is 2. The molecule has 65 heavy (non-hydrogen) atoms. The van der Waals surface area contributed by atoms with Crippen molar-refractivity contribution in [1.29, 1.82) is 0 Å². The van der Waals surface area contributed by atoms with Gasteiger partial charge in [-0.2, -0.15) is 0 Å². The molecule has 7 heteroatoms. The van der Waals surface area contributed by atoms with Crippen molar-refractivity contribution in [3.8, 4) is 0 Å². The van der Waals surface area contributed by atoms with Gasteiger partial charge in [0.1, 0.15) is 0 Å². The van der Waals surface area contributed by atoms with Crippen molar-refractivity contribution in [2.45, 2.75) is 305 Å². The molecule has 0 aliphatic heterocycles. The molecule has 0 aromatic carbocycles. The van der Waals surface area contributed by atoms with E-state index in [1.165, 1.54) is 135 Å². The molecule has 0 aliphatic rings. The number of ether oxygens (including phenoxy) is 2. The molecule has 0 saturated carbocycles. The summed E-state index contributed by atoms with van der Waals surface area (Å²) in [4.78, 5) is 44.2. The second-order valence-electron chi connectivity index (χ2n) is 20.2. The number of unbranched alkanes of at least 4 members (excludes halogenated alkanes) is 25. The van der Waals surface area contributed by atoms with Crippen LogP contribution in [0.5, 0.6) is 0 Å². The predicted octanol–water partition coefficient (Wildman–Crippen LogP) is 17.4. The summed E-state index contributed by atoms with van der Waals surface area (Å²) in [6.07, 6.45) is 45.8. The third-order valence-electron chi connectivity index (χ3n) is 13.7. The standard InChI is InChI=1S/C57H112N2O5.CH4/c1-8-13-18-21-30-37-47-55(60)59(49-40-48-58(6)7)54(45-35-28-24-22-26-31-38-50-63-56(61)52(41-16-11-4)43-33-19-14-9-2)46-36-29-25-23-27-32-39-51-64-57(62)53(42-17-12-5)44-34-20-15-10-3;/h52-54H,8-51H2,1-7H3;1H4. The summed E-state index contributed by atoms with van der Waals surface area (Å²) in [7, 11) is 4.28. The zero-order valence-electron chi connectivity index (χ0n) is 44.3. The van der Waals surface area contributed by atoms with Crippen LogP contribution in [0.2, 0.25) is 0 Å². The SMILES string of the molecule is C.CCCCCCCCC(=O)N(CCCN(C)C)C(CCCCCCCCCOC(=O)C(CCCC)CCCCCC)CCCCCCCCCOC(=O)C(CCCC)CCCCCC. The number of carbonyl (C=O) groups is 3. The smallest absolute Gasteiger partial charge is 0.308 e. The molecule has 0 saturated heterocycles. The Labute approximate surface area is 407 Å². The van der Waals surface area contributed by atoms with Crippen LogP contribution in [0.1, 0.15) is 299 Å². The largest absolute Gasteiger partial charge is 0.465 e. The molecule has 0 aromatic rings. The topological polar surface area (TPSA) is 76.2 Å². The molecule has 7 nitrogen and oxygen atoms in total. The fraction of sp³-hybridized carbons (Fsp3) is 0.948. The summed E-state index contributed by atoms with van der Waals surface area (Å²) in [6, 6.07) is 0.347. The lowest BCUT2D eigenvalue weighted by Crippen LogP contribution is -2.41. The van der Waals surface area contributed by atoms with Gasteiger partial charge in [-0.25, -0.2) is 0 Å². The van der Waals surface area contributed by atoms with Crippen LogP contribution in [0.4, 0.5) is 0 Å². The van der Waals surface area contributed by atoms with Gasteiger partial charge in [0.05, 0.1) is 25.0 Å². The second-order valence-corrected chi connectivity index (χ2v) is 20.2. The first-order chi connectivity index (χ1) is 31.2. The number of amides is 1. The van der Waals surface area contributed by atoms with Gasteiger partial charge in [-0.3, -0.25) is 14.4 Å². The van der Waals surface area contributed by atoms with Crippen LogP contribution in [0.3, 0.4) is 0 Å². The summed E-state index contributed by atoms with van der Waals surface area (Å²) in [5.74, 6) is 0.669. The van der Waals surface area contributed by atoms with Gasteiger partial charge in [-0.05, 0) is 84.8 Å². The number of carbonyl (C=O) groups excluding carboxylic acids is 3. The first-order valence-electron chi connectivity index (χ1n) is 28.5. The zero-order chi connectivity index (χ0) is 47.1. The van der Waals surface area contributed by atoms with E-state index in [1.807, 2.05) is 0 Å². The molecule has 0 aromatic heterocycles. The maximum atomic E-state index is 13.9. The van der Waals surface area contributed by atoms with Gasteiger partial charge in [0.2, 0.25) is 5.91 Å². The summed E-state index contributed by atoms with van der Waals surface area (Å²) in [5.41, 5.74) is 0. The molecule has 0 heterocycles. The molecule has 0 bridgehead atoms. The summed E-state index contributed by atoms with van der Waals surface area (Å²) < 4.78 is 11.6. The summed E-state index contributed by atoms with van der Waals surface area (Å²) >= 11 is 0. The van der Waals surface area contributed by atoms with Crippen molar-refractivity contribution in [3.63, 3.8) is 0 Å². The van der Waals surface area contributed by atoms with Crippen LogP contribution in [0.25, 0.3) is 0 Å². The average molecular weight is 922 g/mol. The maximum Gasteiger partial charge on any atom is 0.308 e. The van der Waals surface area contributed by atoms with Gasteiger partial charge in [0, 0.05) is 19.0 Å². The molecular weight excluding hydrogens is 805 g/mol. The summed E-state index contributed by atoms with van der Waals surface area (Å²) in [5, 5.41) is 0. The van der Waals surface area contributed by atoms with Crippen molar-refractivity contribution < 1.29 is 23.9 Å². The van der Waals surface area contributed by atoms with Crippen LogP contribution in [-0.2, 0) is 23.9 Å². The molecule has 0 aliphatic carbocycles. The zero-order valence-corrected chi connectivity index (χ0v) is 44.3. The van der Waals surface area contributed by atoms with Crippen molar-refractivity contribution in [2.75, 3.05) is 40.4 Å². The Hall–Kier alpha value is -1.63. The number of rotatable bonds is 50. The minimum absolute atomic E-state index is 0. The van der Waals surface area contributed by atoms with E-state index < -0.39 is 0 Å². The predicted molar refractivity (Wildman–Crippen MR) is 283 cm³/mol. The van der Waals surface area contributed by atoms with Crippen LogP contribution in [0, 0.1) is 11.8 Å². The fourth-order valence-electron chi connectivity index (χ4n) is 9.33. The second kappa shape index (κ2) is 50.3. The van der Waals surface area contributed by atoms with E-state index in [0.717, 1.165) is 129 Å². The van der Waals surface area contributed by atoms with Crippen molar-refractivity contribution in [3.05, 3.63) is 0 Å². The first-order valence-corrected chi connectivity index (χ1v) is 28.5. The van der Waals surface area contributed by atoms with E-state index in [2.05, 4.69) is 58.5 Å². The third kappa shape index (κ3) is 41.1. The van der Waals surface area contributed by atoms with E-state index in [0.29, 0.717) is 31.6 Å². The molecule has 0 rings (SSSR count). The van der Waals surface area contributed by atoms with Crippen LogP contribution >= 0.6 is 0 Å². The molecule has 388 valence electrons. The van der Waals surface area contributed by atoms with Crippen LogP contribution in [0.15, 0.2) is 0 Å². The average Bonchev–Trinajstić information content (AvgIpc) is 3.28. The van der Waals surface area contributed by atoms with Gasteiger partial charge in [0.25, 0.3) is 0 Å². The normalized spacial score (nSPS) is 12.8. The van der Waals surface area contributed by atoms with Gasteiger partial charge >= 0.3 is 11.9 Å². The quantitative estimate of drug-likeness (QED) is 0.0447. The number of hydrogen-bond acceptors (Lipinski definition) is 6. The van der Waals surface area contributed by atoms with E-state index >= 15 is 0 Å². The Balaban J connectivity index is 0. The Morgan fingerprint density at radius 3 is 1.09 bits per heavy atom. The van der Waals surface area contributed by atoms with E-state index in [9.17, 15) is 14.4 Å². The highest BCUT2D eigenvalue weighted by atomic mass is 16.5. The van der Waals surface area contributed by atoms with Gasteiger partial charge in [-0.1, -0.05) is 228 Å². The molecule has 0 radical (unpaired) electrons. The van der Waals surface area contributed by atoms with Crippen molar-refractivity contribution >= 4 is 17.8 Å². The Bertz CT molecular complexity index is 964. The Kier molecular flexibility index (Phi) is 50.6. The maximum absolute atomic E-state index is 13.9. The van der Waals surface area contributed by atoms with Gasteiger partial charge in [-0.15, -0.1) is 0 Å².